The van der Waals surface area contributed by atoms with Crippen LogP contribution >= 0.6 is 22.6 Å². The monoisotopic (exact) mass is 363 g/mol. The largest absolute Gasteiger partial charge is 0.389 e. The van der Waals surface area contributed by atoms with Crippen molar-refractivity contribution in [2.75, 3.05) is 18.0 Å². The van der Waals surface area contributed by atoms with Crippen LogP contribution in [-0.2, 0) is 6.42 Å². The first-order valence-electron chi connectivity index (χ1n) is 6.09. The molecular weight excluding hydrogens is 345 g/mol. The molecule has 0 aromatic carbocycles. The lowest BCUT2D eigenvalue weighted by Gasteiger charge is -2.19. The highest BCUT2D eigenvalue weighted by molar-refractivity contribution is 14.1. The van der Waals surface area contributed by atoms with Gasteiger partial charge in [0.25, 0.3) is 0 Å². The third-order valence-corrected chi connectivity index (χ3v) is 4.11. The van der Waals surface area contributed by atoms with Gasteiger partial charge in [-0.15, -0.1) is 0 Å². The molecule has 0 amide bonds. The van der Waals surface area contributed by atoms with Gasteiger partial charge in [0.1, 0.15) is 12.1 Å². The lowest BCUT2D eigenvalue weighted by molar-refractivity contribution is 0.0572. The molecule has 100 valence electrons. The molecule has 18 heavy (non-hydrogen) atoms. The molecule has 6 heteroatoms. The minimum atomic E-state index is -0.690. The van der Waals surface area contributed by atoms with Gasteiger partial charge in [-0.25, -0.2) is 9.97 Å². The summed E-state index contributed by atoms with van der Waals surface area (Å²) in [6.07, 6.45) is 1.09. The van der Waals surface area contributed by atoms with Gasteiger partial charge in [0.15, 0.2) is 0 Å². The fourth-order valence-corrected chi connectivity index (χ4v) is 2.93. The van der Waals surface area contributed by atoms with Crippen molar-refractivity contribution in [1.29, 1.82) is 0 Å². The molecule has 1 aromatic heterocycles. The van der Waals surface area contributed by atoms with Crippen molar-refractivity contribution < 1.29 is 10.2 Å². The van der Waals surface area contributed by atoms with Gasteiger partial charge in [-0.05, 0) is 34.9 Å². The van der Waals surface area contributed by atoms with Gasteiger partial charge < -0.3 is 15.1 Å². The van der Waals surface area contributed by atoms with Crippen LogP contribution in [0.25, 0.3) is 0 Å². The zero-order valence-electron chi connectivity index (χ0n) is 10.5. The Balaban J connectivity index is 2.24. The second-order valence-corrected chi connectivity index (χ2v) is 6.17. The van der Waals surface area contributed by atoms with Gasteiger partial charge in [0, 0.05) is 13.1 Å². The highest BCUT2D eigenvalue weighted by Gasteiger charge is 2.31. The number of aliphatic hydroxyl groups excluding tert-OH is 2. The molecule has 2 unspecified atom stereocenters. The minimum Gasteiger partial charge on any atom is -0.389 e. The first-order chi connectivity index (χ1) is 8.49. The molecule has 2 N–H and O–H groups in total. The molecule has 0 spiro atoms. The maximum atomic E-state index is 9.60. The third-order valence-electron chi connectivity index (χ3n) is 3.00. The second kappa shape index (κ2) is 5.66. The number of halogens is 1. The van der Waals surface area contributed by atoms with Crippen LogP contribution in [0.4, 0.5) is 5.82 Å². The first-order valence-corrected chi connectivity index (χ1v) is 7.17. The number of aliphatic hydroxyl groups is 2. The van der Waals surface area contributed by atoms with Gasteiger partial charge in [0.05, 0.1) is 21.5 Å². The Morgan fingerprint density at radius 1 is 1.33 bits per heavy atom. The van der Waals surface area contributed by atoms with E-state index in [-0.39, 0.29) is 0 Å². The molecule has 1 saturated heterocycles. The van der Waals surface area contributed by atoms with Crippen molar-refractivity contribution in [2.24, 2.45) is 5.92 Å². The van der Waals surface area contributed by atoms with E-state index in [1.807, 2.05) is 4.90 Å². The third kappa shape index (κ3) is 2.92. The maximum absolute atomic E-state index is 9.60. The zero-order valence-corrected chi connectivity index (χ0v) is 12.7. The standard InChI is InChI=1S/C12H18IN3O2/c1-7(2)3-8-11(13)12(15-6-14-8)16-4-9(17)10(18)5-16/h6-7,9-10,17-18H,3-5H2,1-2H3. The van der Waals surface area contributed by atoms with E-state index >= 15 is 0 Å². The zero-order chi connectivity index (χ0) is 13.3. The number of aromatic nitrogens is 2. The molecule has 2 heterocycles. The van der Waals surface area contributed by atoms with Crippen LogP contribution in [0.3, 0.4) is 0 Å². The van der Waals surface area contributed by atoms with Crippen LogP contribution < -0.4 is 4.90 Å². The summed E-state index contributed by atoms with van der Waals surface area (Å²) < 4.78 is 1.02. The Morgan fingerprint density at radius 2 is 1.94 bits per heavy atom. The van der Waals surface area contributed by atoms with E-state index in [1.54, 1.807) is 6.33 Å². The van der Waals surface area contributed by atoms with E-state index in [0.717, 1.165) is 21.5 Å². The van der Waals surface area contributed by atoms with Crippen molar-refractivity contribution >= 4 is 28.4 Å². The Hall–Kier alpha value is -0.470. The van der Waals surface area contributed by atoms with Gasteiger partial charge in [-0.2, -0.15) is 0 Å². The van der Waals surface area contributed by atoms with E-state index in [4.69, 9.17) is 0 Å². The molecule has 1 aliphatic rings. The quantitative estimate of drug-likeness (QED) is 0.779. The molecule has 2 rings (SSSR count). The predicted molar refractivity (Wildman–Crippen MR) is 77.5 cm³/mol. The number of rotatable bonds is 3. The average molecular weight is 363 g/mol. The molecule has 0 radical (unpaired) electrons. The Labute approximate surface area is 120 Å². The maximum Gasteiger partial charge on any atom is 0.145 e. The highest BCUT2D eigenvalue weighted by atomic mass is 127. The van der Waals surface area contributed by atoms with Crippen LogP contribution in [-0.4, -0.2) is 45.5 Å². The van der Waals surface area contributed by atoms with E-state index in [2.05, 4.69) is 46.4 Å². The molecule has 0 saturated carbocycles. The van der Waals surface area contributed by atoms with Gasteiger partial charge >= 0.3 is 0 Å². The summed E-state index contributed by atoms with van der Waals surface area (Å²) in [5.74, 6) is 1.35. The molecule has 5 nitrogen and oxygen atoms in total. The van der Waals surface area contributed by atoms with Crippen LogP contribution in [0.1, 0.15) is 19.5 Å². The molecule has 0 aliphatic carbocycles. The Kier molecular flexibility index (Phi) is 4.39. The Bertz CT molecular complexity index is 418. The number of hydrogen-bond acceptors (Lipinski definition) is 5. The van der Waals surface area contributed by atoms with Crippen molar-refractivity contribution in [2.45, 2.75) is 32.5 Å². The molecule has 2 atom stereocenters. The van der Waals surface area contributed by atoms with E-state index in [1.165, 1.54) is 0 Å². The first kappa shape index (κ1) is 14.0. The molecule has 1 fully saturated rings. The smallest absolute Gasteiger partial charge is 0.145 e. The van der Waals surface area contributed by atoms with Crippen molar-refractivity contribution in [3.05, 3.63) is 15.6 Å². The summed E-state index contributed by atoms with van der Waals surface area (Å²) in [5.41, 5.74) is 1.03. The van der Waals surface area contributed by atoms with E-state index in [0.29, 0.717) is 19.0 Å². The summed E-state index contributed by atoms with van der Waals surface area (Å²) in [7, 11) is 0. The van der Waals surface area contributed by atoms with E-state index in [9.17, 15) is 10.2 Å². The summed E-state index contributed by atoms with van der Waals surface area (Å²) in [4.78, 5) is 10.5. The average Bonchev–Trinajstić information content (AvgIpc) is 2.61. The fraction of sp³-hybridized carbons (Fsp3) is 0.667. The Morgan fingerprint density at radius 3 is 2.50 bits per heavy atom. The number of anilines is 1. The summed E-state index contributed by atoms with van der Waals surface area (Å²) >= 11 is 2.25. The van der Waals surface area contributed by atoms with Crippen LogP contribution in [0.15, 0.2) is 6.33 Å². The van der Waals surface area contributed by atoms with E-state index < -0.39 is 12.2 Å². The number of β-amino-alcohol motifs (C(OH)–C–C–N with tert-alkyl or cyclic N) is 2. The summed E-state index contributed by atoms with van der Waals surface area (Å²) in [6, 6.07) is 0. The van der Waals surface area contributed by atoms with Crippen molar-refractivity contribution in [3.63, 3.8) is 0 Å². The molecule has 0 bridgehead atoms. The molecule has 1 aliphatic heterocycles. The topological polar surface area (TPSA) is 69.5 Å². The van der Waals surface area contributed by atoms with Gasteiger partial charge in [0.2, 0.25) is 0 Å². The number of nitrogens with zero attached hydrogens (tertiary/aromatic N) is 3. The normalized spacial score (nSPS) is 24.0. The second-order valence-electron chi connectivity index (χ2n) is 5.10. The SMILES string of the molecule is CC(C)Cc1ncnc(N2CC(O)C(O)C2)c1I. The fourth-order valence-electron chi connectivity index (χ4n) is 2.09. The van der Waals surface area contributed by atoms with Crippen LogP contribution in [0.2, 0.25) is 0 Å². The summed E-state index contributed by atoms with van der Waals surface area (Å²) in [5, 5.41) is 19.2. The predicted octanol–water partition coefficient (Wildman–Crippen LogP) is 0.822. The van der Waals surface area contributed by atoms with Gasteiger partial charge in [-0.3, -0.25) is 0 Å². The molecular formula is C12H18IN3O2. The highest BCUT2D eigenvalue weighted by Crippen LogP contribution is 2.26. The van der Waals surface area contributed by atoms with Crippen LogP contribution in [0.5, 0.6) is 0 Å². The van der Waals surface area contributed by atoms with Gasteiger partial charge in [-0.1, -0.05) is 13.8 Å². The minimum absolute atomic E-state index is 0.426. The molecule has 1 aromatic rings. The number of hydrogen-bond donors (Lipinski definition) is 2. The van der Waals surface area contributed by atoms with Crippen molar-refractivity contribution in [3.8, 4) is 0 Å². The lowest BCUT2D eigenvalue weighted by Crippen LogP contribution is -2.24. The summed E-state index contributed by atoms with van der Waals surface area (Å²) in [6.45, 7) is 5.16. The van der Waals surface area contributed by atoms with Crippen LogP contribution in [0, 0.1) is 9.49 Å². The van der Waals surface area contributed by atoms with Crippen molar-refractivity contribution in [1.82, 2.24) is 9.97 Å². The lowest BCUT2D eigenvalue weighted by atomic mass is 10.1.